The fraction of sp³-hybridized carbons (Fsp3) is 0.789. The van der Waals surface area contributed by atoms with Gasteiger partial charge in [-0.3, -0.25) is 9.59 Å². The Morgan fingerprint density at radius 3 is 2.83 bits per heavy atom. The van der Waals surface area contributed by atoms with Gasteiger partial charge in [-0.2, -0.15) is 0 Å². The molecule has 1 heterocycles. The van der Waals surface area contributed by atoms with Crippen molar-refractivity contribution in [1.82, 2.24) is 4.90 Å². The highest BCUT2D eigenvalue weighted by molar-refractivity contribution is 5.79. The zero-order chi connectivity index (χ0) is 16.4. The Morgan fingerprint density at radius 1 is 1.43 bits per heavy atom. The third-order valence-electron chi connectivity index (χ3n) is 6.09. The molecule has 2 aliphatic carbocycles. The smallest absolute Gasteiger partial charge is 0.308 e. The van der Waals surface area contributed by atoms with Crippen LogP contribution in [0.15, 0.2) is 12.7 Å². The second-order valence-electron chi connectivity index (χ2n) is 7.86. The fourth-order valence-electron chi connectivity index (χ4n) is 4.79. The Bertz CT molecular complexity index is 489. The SMILES string of the molecule is C=C[C@](C)(C[C@@H]1C[C@H]2CC[C@H]1C2)OC(=O)CCN1CCCC1=O. The number of amides is 1. The number of ether oxygens (including phenoxy) is 1. The van der Waals surface area contributed by atoms with Crippen LogP contribution in [0.2, 0.25) is 0 Å². The molecule has 128 valence electrons. The van der Waals surface area contributed by atoms with Gasteiger partial charge in [-0.1, -0.05) is 13.0 Å². The van der Waals surface area contributed by atoms with Crippen LogP contribution in [0, 0.1) is 17.8 Å². The summed E-state index contributed by atoms with van der Waals surface area (Å²) in [7, 11) is 0. The van der Waals surface area contributed by atoms with Gasteiger partial charge in [0.05, 0.1) is 6.42 Å². The third kappa shape index (κ3) is 3.78. The average molecular weight is 319 g/mol. The van der Waals surface area contributed by atoms with Gasteiger partial charge in [0.15, 0.2) is 0 Å². The predicted molar refractivity (Wildman–Crippen MR) is 88.7 cm³/mol. The molecule has 3 aliphatic rings. The van der Waals surface area contributed by atoms with Crippen molar-refractivity contribution in [2.24, 2.45) is 17.8 Å². The predicted octanol–water partition coefficient (Wildman–Crippen LogP) is 3.31. The van der Waals surface area contributed by atoms with E-state index in [9.17, 15) is 9.59 Å². The molecule has 0 unspecified atom stereocenters. The number of nitrogens with zero attached hydrogens (tertiary/aromatic N) is 1. The van der Waals surface area contributed by atoms with Crippen molar-refractivity contribution in [3.05, 3.63) is 12.7 Å². The molecule has 0 N–H and O–H groups in total. The van der Waals surface area contributed by atoms with Crippen LogP contribution in [0.3, 0.4) is 0 Å². The van der Waals surface area contributed by atoms with Crippen LogP contribution in [0.5, 0.6) is 0 Å². The van der Waals surface area contributed by atoms with E-state index >= 15 is 0 Å². The monoisotopic (exact) mass is 319 g/mol. The number of fused-ring (bicyclic) bond motifs is 2. The first-order valence-corrected chi connectivity index (χ1v) is 9.12. The lowest BCUT2D eigenvalue weighted by molar-refractivity contribution is -0.155. The van der Waals surface area contributed by atoms with Crippen LogP contribution in [0.25, 0.3) is 0 Å². The summed E-state index contributed by atoms with van der Waals surface area (Å²) in [6.45, 7) is 7.13. The molecule has 4 heteroatoms. The van der Waals surface area contributed by atoms with Crippen molar-refractivity contribution in [2.75, 3.05) is 13.1 Å². The Hall–Kier alpha value is -1.32. The van der Waals surface area contributed by atoms with Gasteiger partial charge >= 0.3 is 5.97 Å². The standard InChI is InChI=1S/C19H29NO3/c1-3-19(2,13-16-12-14-6-7-15(16)11-14)23-18(22)8-10-20-9-4-5-17(20)21/h3,14-16H,1,4-13H2,2H3/t14-,15-,16-,19+/m0/s1. The second-order valence-corrected chi connectivity index (χ2v) is 7.86. The zero-order valence-corrected chi connectivity index (χ0v) is 14.3. The molecule has 4 atom stereocenters. The molecule has 23 heavy (non-hydrogen) atoms. The summed E-state index contributed by atoms with van der Waals surface area (Å²) in [5.41, 5.74) is -0.568. The maximum absolute atomic E-state index is 12.2. The van der Waals surface area contributed by atoms with Crippen molar-refractivity contribution in [2.45, 2.75) is 63.9 Å². The first-order chi connectivity index (χ1) is 11.0. The lowest BCUT2D eigenvalue weighted by Crippen LogP contribution is -2.35. The summed E-state index contributed by atoms with van der Waals surface area (Å²) in [6.07, 6.45) is 9.86. The van der Waals surface area contributed by atoms with E-state index in [1.165, 1.54) is 25.7 Å². The highest BCUT2D eigenvalue weighted by Crippen LogP contribution is 2.51. The highest BCUT2D eigenvalue weighted by Gasteiger charge is 2.42. The van der Waals surface area contributed by atoms with Crippen LogP contribution in [-0.2, 0) is 14.3 Å². The fourth-order valence-corrected chi connectivity index (χ4v) is 4.79. The van der Waals surface area contributed by atoms with E-state index in [1.54, 1.807) is 11.0 Å². The molecule has 0 spiro atoms. The highest BCUT2D eigenvalue weighted by atomic mass is 16.6. The molecule has 3 fully saturated rings. The average Bonchev–Trinajstić information content (AvgIpc) is 3.22. The zero-order valence-electron chi connectivity index (χ0n) is 14.3. The minimum absolute atomic E-state index is 0.159. The lowest BCUT2D eigenvalue weighted by Gasteiger charge is -2.32. The molecule has 3 rings (SSSR count). The molecule has 0 aromatic rings. The van der Waals surface area contributed by atoms with E-state index in [1.807, 2.05) is 6.92 Å². The third-order valence-corrected chi connectivity index (χ3v) is 6.09. The summed E-state index contributed by atoms with van der Waals surface area (Å²) in [4.78, 5) is 25.6. The van der Waals surface area contributed by atoms with Crippen LogP contribution >= 0.6 is 0 Å². The van der Waals surface area contributed by atoms with E-state index < -0.39 is 5.60 Å². The summed E-state index contributed by atoms with van der Waals surface area (Å²) < 4.78 is 5.76. The molecule has 0 aromatic carbocycles. The van der Waals surface area contributed by atoms with Crippen LogP contribution in [0.4, 0.5) is 0 Å². The number of carbonyl (C=O) groups excluding carboxylic acids is 2. The first kappa shape index (κ1) is 16.5. The van der Waals surface area contributed by atoms with Gasteiger partial charge in [0.1, 0.15) is 5.60 Å². The van der Waals surface area contributed by atoms with Gasteiger partial charge < -0.3 is 9.64 Å². The van der Waals surface area contributed by atoms with E-state index in [0.717, 1.165) is 31.2 Å². The van der Waals surface area contributed by atoms with E-state index in [2.05, 4.69) is 6.58 Å². The molecular weight excluding hydrogens is 290 g/mol. The topological polar surface area (TPSA) is 46.6 Å². The maximum Gasteiger partial charge on any atom is 0.308 e. The van der Waals surface area contributed by atoms with Crippen molar-refractivity contribution in [3.63, 3.8) is 0 Å². The normalized spacial score (nSPS) is 32.1. The number of carbonyl (C=O) groups is 2. The number of hydrogen-bond acceptors (Lipinski definition) is 3. The van der Waals surface area contributed by atoms with Gasteiger partial charge in [0.2, 0.25) is 5.91 Å². The molecule has 2 saturated carbocycles. The summed E-state index contributed by atoms with van der Waals surface area (Å²) in [5, 5.41) is 0. The number of esters is 1. The van der Waals surface area contributed by atoms with Crippen molar-refractivity contribution < 1.29 is 14.3 Å². The van der Waals surface area contributed by atoms with Gasteiger partial charge in [0.25, 0.3) is 0 Å². The molecule has 0 radical (unpaired) electrons. The molecule has 1 amide bonds. The molecule has 1 saturated heterocycles. The van der Waals surface area contributed by atoms with Gasteiger partial charge in [-0.15, -0.1) is 0 Å². The van der Waals surface area contributed by atoms with Crippen LogP contribution < -0.4 is 0 Å². The largest absolute Gasteiger partial charge is 0.455 e. The molecule has 2 bridgehead atoms. The summed E-state index contributed by atoms with van der Waals surface area (Å²) in [5.74, 6) is 2.34. The van der Waals surface area contributed by atoms with Crippen molar-refractivity contribution in [1.29, 1.82) is 0 Å². The molecule has 0 aromatic heterocycles. The van der Waals surface area contributed by atoms with E-state index in [4.69, 9.17) is 4.74 Å². The van der Waals surface area contributed by atoms with Gasteiger partial charge in [0, 0.05) is 19.5 Å². The number of likely N-dealkylation sites (tertiary alicyclic amines) is 1. The van der Waals surface area contributed by atoms with Gasteiger partial charge in [-0.05, 0) is 62.9 Å². The maximum atomic E-state index is 12.2. The molecule has 4 nitrogen and oxygen atoms in total. The molecule has 1 aliphatic heterocycles. The number of rotatable bonds is 7. The van der Waals surface area contributed by atoms with E-state index in [-0.39, 0.29) is 18.3 Å². The molecular formula is C19H29NO3. The minimum atomic E-state index is -0.568. The Labute approximate surface area is 139 Å². The minimum Gasteiger partial charge on any atom is -0.455 e. The van der Waals surface area contributed by atoms with Gasteiger partial charge in [-0.25, -0.2) is 0 Å². The van der Waals surface area contributed by atoms with Crippen molar-refractivity contribution >= 4 is 11.9 Å². The van der Waals surface area contributed by atoms with Crippen LogP contribution in [-0.4, -0.2) is 35.5 Å². The Morgan fingerprint density at radius 2 is 2.26 bits per heavy atom. The summed E-state index contributed by atoms with van der Waals surface area (Å²) >= 11 is 0. The van der Waals surface area contributed by atoms with Crippen LogP contribution in [0.1, 0.15) is 58.3 Å². The first-order valence-electron chi connectivity index (χ1n) is 9.12. The summed E-state index contributed by atoms with van der Waals surface area (Å²) in [6, 6.07) is 0. The number of hydrogen-bond donors (Lipinski definition) is 0. The second kappa shape index (κ2) is 6.66. The van der Waals surface area contributed by atoms with E-state index in [0.29, 0.717) is 18.9 Å². The Kier molecular flexibility index (Phi) is 4.79. The lowest BCUT2D eigenvalue weighted by atomic mass is 9.81. The Balaban J connectivity index is 1.48. The quantitative estimate of drug-likeness (QED) is 0.534. The van der Waals surface area contributed by atoms with Crippen molar-refractivity contribution in [3.8, 4) is 0 Å².